The average Bonchev–Trinajstić information content (AvgIpc) is 3.09. The van der Waals surface area contributed by atoms with Gasteiger partial charge in [0.2, 0.25) is 0 Å². The Morgan fingerprint density at radius 2 is 1.61 bits per heavy atom. The fourth-order valence-electron chi connectivity index (χ4n) is 3.34. The zero-order valence-corrected chi connectivity index (χ0v) is 21.8. The summed E-state index contributed by atoms with van der Waals surface area (Å²) in [5, 5.41) is 10.3. The van der Waals surface area contributed by atoms with Crippen molar-refractivity contribution in [1.82, 2.24) is 4.90 Å². The van der Waals surface area contributed by atoms with E-state index in [-0.39, 0.29) is 10.9 Å². The molecule has 1 aliphatic heterocycles. The van der Waals surface area contributed by atoms with Crippen molar-refractivity contribution < 1.29 is 24.2 Å². The minimum absolute atomic E-state index is 0.191. The number of hydrogen-bond acceptors (Lipinski definition) is 6. The van der Waals surface area contributed by atoms with Crippen LogP contribution in [0.25, 0.3) is 6.08 Å². The summed E-state index contributed by atoms with van der Waals surface area (Å²) >= 11 is 18.4. The van der Waals surface area contributed by atoms with Crippen LogP contribution in [0.3, 0.4) is 0 Å². The maximum Gasteiger partial charge on any atom is 0.323 e. The molecule has 184 valence electrons. The molecule has 36 heavy (non-hydrogen) atoms. The van der Waals surface area contributed by atoms with Crippen molar-refractivity contribution in [2.45, 2.75) is 13.2 Å². The van der Waals surface area contributed by atoms with Crippen molar-refractivity contribution in [3.63, 3.8) is 0 Å². The van der Waals surface area contributed by atoms with E-state index in [2.05, 4.69) is 0 Å². The van der Waals surface area contributed by atoms with Crippen molar-refractivity contribution in [2.75, 3.05) is 6.54 Å². The third kappa shape index (κ3) is 6.79. The zero-order valence-electron chi connectivity index (χ0n) is 18.6. The van der Waals surface area contributed by atoms with Gasteiger partial charge in [0.15, 0.2) is 0 Å². The second-order valence-electron chi connectivity index (χ2n) is 7.70. The number of thioether (sulfide) groups is 1. The van der Waals surface area contributed by atoms with E-state index in [1.54, 1.807) is 42.5 Å². The number of hydrogen-bond donors (Lipinski definition) is 1. The van der Waals surface area contributed by atoms with Crippen LogP contribution >= 0.6 is 47.2 Å². The van der Waals surface area contributed by atoms with Gasteiger partial charge in [0.1, 0.15) is 35.6 Å². The Morgan fingerprint density at radius 1 is 0.972 bits per heavy atom. The summed E-state index contributed by atoms with van der Waals surface area (Å²) in [4.78, 5) is 25.2. The van der Waals surface area contributed by atoms with Gasteiger partial charge in [-0.3, -0.25) is 14.5 Å². The first-order valence-electron chi connectivity index (χ1n) is 10.6. The van der Waals surface area contributed by atoms with E-state index in [4.69, 9.17) is 50.0 Å². The molecule has 1 heterocycles. The number of amides is 1. The van der Waals surface area contributed by atoms with Gasteiger partial charge in [-0.1, -0.05) is 71.4 Å². The highest BCUT2D eigenvalue weighted by Crippen LogP contribution is 2.35. The monoisotopic (exact) mass is 559 g/mol. The van der Waals surface area contributed by atoms with Gasteiger partial charge in [-0.05, 0) is 53.6 Å². The van der Waals surface area contributed by atoms with Gasteiger partial charge < -0.3 is 14.6 Å². The Balaban J connectivity index is 1.59. The number of carboxylic acid groups (broad SMARTS) is 1. The molecule has 1 amide bonds. The Labute approximate surface area is 227 Å². The van der Waals surface area contributed by atoms with Gasteiger partial charge in [0.05, 0.1) is 4.91 Å². The smallest absolute Gasteiger partial charge is 0.323 e. The quantitative estimate of drug-likeness (QED) is 0.239. The number of carbonyl (C=O) groups excluding carboxylic acids is 1. The first-order valence-corrected chi connectivity index (χ1v) is 12.6. The standard InChI is InChI=1S/C26H19Cl2NO5S2/c27-19-5-1-3-16(9-19)14-33-21-8-7-18(11-23-25(32)29(13-24(30)31)26(35)36-23)22(12-21)34-15-17-4-2-6-20(28)10-17/h1-12H,13-15H2,(H,30,31)/b23-11-. The fourth-order valence-corrected chi connectivity index (χ4v) is 5.01. The van der Waals surface area contributed by atoms with Gasteiger partial charge >= 0.3 is 5.97 Å². The first-order chi connectivity index (χ1) is 17.3. The molecule has 10 heteroatoms. The van der Waals surface area contributed by atoms with E-state index < -0.39 is 18.4 Å². The SMILES string of the molecule is O=C(O)CN1C(=O)/C(=C/c2ccc(OCc3cccc(Cl)c3)cc2OCc2cccc(Cl)c2)SC1=S. The van der Waals surface area contributed by atoms with Gasteiger partial charge in [-0.15, -0.1) is 0 Å². The topological polar surface area (TPSA) is 76.1 Å². The molecule has 3 aromatic rings. The molecular weight excluding hydrogens is 541 g/mol. The lowest BCUT2D eigenvalue weighted by atomic mass is 10.1. The van der Waals surface area contributed by atoms with Crippen LogP contribution in [-0.4, -0.2) is 32.7 Å². The Kier molecular flexibility index (Phi) is 8.53. The summed E-state index contributed by atoms with van der Waals surface area (Å²) in [6.45, 7) is 0.0526. The molecule has 0 radical (unpaired) electrons. The van der Waals surface area contributed by atoms with E-state index in [1.807, 2.05) is 30.3 Å². The Bertz CT molecular complexity index is 1360. The largest absolute Gasteiger partial charge is 0.489 e. The Hall–Kier alpha value is -3.04. The summed E-state index contributed by atoms with van der Waals surface area (Å²) in [7, 11) is 0. The minimum Gasteiger partial charge on any atom is -0.489 e. The number of ether oxygens (including phenoxy) is 2. The summed E-state index contributed by atoms with van der Waals surface area (Å²) in [5.74, 6) is -0.567. The van der Waals surface area contributed by atoms with Crippen LogP contribution in [0.4, 0.5) is 0 Å². The molecule has 1 fully saturated rings. The molecule has 0 bridgehead atoms. The summed E-state index contributed by atoms with van der Waals surface area (Å²) < 4.78 is 12.2. The van der Waals surface area contributed by atoms with E-state index in [0.717, 1.165) is 27.8 Å². The zero-order chi connectivity index (χ0) is 25.7. The van der Waals surface area contributed by atoms with Crippen LogP contribution in [0.1, 0.15) is 16.7 Å². The number of benzene rings is 3. The maximum atomic E-state index is 12.7. The third-order valence-electron chi connectivity index (χ3n) is 5.02. The number of rotatable bonds is 9. The highest BCUT2D eigenvalue weighted by molar-refractivity contribution is 8.26. The van der Waals surface area contributed by atoms with Gasteiger partial charge in [0.25, 0.3) is 5.91 Å². The van der Waals surface area contributed by atoms with Crippen molar-refractivity contribution in [3.05, 3.63) is 98.4 Å². The summed E-state index contributed by atoms with van der Waals surface area (Å²) in [6.07, 6.45) is 1.63. The minimum atomic E-state index is -1.14. The second kappa shape index (κ2) is 11.8. The van der Waals surface area contributed by atoms with E-state index >= 15 is 0 Å². The second-order valence-corrected chi connectivity index (χ2v) is 10.2. The lowest BCUT2D eigenvalue weighted by Crippen LogP contribution is -2.33. The highest BCUT2D eigenvalue weighted by Gasteiger charge is 2.33. The lowest BCUT2D eigenvalue weighted by Gasteiger charge is -2.13. The molecule has 0 aliphatic carbocycles. The summed E-state index contributed by atoms with van der Waals surface area (Å²) in [5.41, 5.74) is 2.39. The van der Waals surface area contributed by atoms with Crippen LogP contribution in [0, 0.1) is 0 Å². The molecule has 6 nitrogen and oxygen atoms in total. The predicted octanol–water partition coefficient (Wildman–Crippen LogP) is 6.44. The third-order valence-corrected chi connectivity index (χ3v) is 6.86. The molecule has 0 spiro atoms. The molecule has 4 rings (SSSR count). The van der Waals surface area contributed by atoms with Crippen LogP contribution in [0.15, 0.2) is 71.6 Å². The number of nitrogens with zero attached hydrogens (tertiary/aromatic N) is 1. The van der Waals surface area contributed by atoms with Gasteiger partial charge in [-0.2, -0.15) is 0 Å². The number of halogens is 2. The normalized spacial score (nSPS) is 14.4. The van der Waals surface area contributed by atoms with E-state index in [0.29, 0.717) is 38.6 Å². The fraction of sp³-hybridized carbons (Fsp3) is 0.115. The maximum absolute atomic E-state index is 12.7. The molecule has 1 aliphatic rings. The van der Waals surface area contributed by atoms with Gasteiger partial charge in [0, 0.05) is 21.7 Å². The molecule has 3 aromatic carbocycles. The lowest BCUT2D eigenvalue weighted by molar-refractivity contribution is -0.140. The number of thiocarbonyl (C=S) groups is 1. The number of aliphatic carboxylic acids is 1. The molecular formula is C26H19Cl2NO5S2. The molecule has 0 unspecified atom stereocenters. The summed E-state index contributed by atoms with van der Waals surface area (Å²) in [6, 6.07) is 20.0. The number of carbonyl (C=O) groups is 2. The van der Waals surface area contributed by atoms with Gasteiger partial charge in [-0.25, -0.2) is 0 Å². The molecule has 0 atom stereocenters. The number of carboxylic acids is 1. The molecule has 1 N–H and O–H groups in total. The highest BCUT2D eigenvalue weighted by atomic mass is 35.5. The average molecular weight is 560 g/mol. The van der Waals surface area contributed by atoms with Crippen molar-refractivity contribution in [3.8, 4) is 11.5 Å². The van der Waals surface area contributed by atoms with E-state index in [9.17, 15) is 9.59 Å². The van der Waals surface area contributed by atoms with Crippen LogP contribution < -0.4 is 9.47 Å². The predicted molar refractivity (Wildman–Crippen MR) is 146 cm³/mol. The first kappa shape index (κ1) is 26.0. The Morgan fingerprint density at radius 3 is 2.22 bits per heavy atom. The van der Waals surface area contributed by atoms with Crippen LogP contribution in [-0.2, 0) is 22.8 Å². The molecule has 0 aromatic heterocycles. The molecule has 0 saturated carbocycles. The van der Waals surface area contributed by atoms with Crippen molar-refractivity contribution >= 4 is 69.5 Å². The van der Waals surface area contributed by atoms with E-state index in [1.165, 1.54) is 0 Å². The molecule has 1 saturated heterocycles. The van der Waals surface area contributed by atoms with Crippen LogP contribution in [0.5, 0.6) is 11.5 Å². The van der Waals surface area contributed by atoms with Crippen molar-refractivity contribution in [1.29, 1.82) is 0 Å². The van der Waals surface area contributed by atoms with Crippen molar-refractivity contribution in [2.24, 2.45) is 0 Å². The van der Waals surface area contributed by atoms with Crippen LogP contribution in [0.2, 0.25) is 10.0 Å².